The molecule has 0 bridgehead atoms. The summed E-state index contributed by atoms with van der Waals surface area (Å²) in [5.41, 5.74) is 1.35. The van der Waals surface area contributed by atoms with Crippen molar-refractivity contribution in [3.63, 3.8) is 0 Å². The summed E-state index contributed by atoms with van der Waals surface area (Å²) in [5, 5.41) is 0. The van der Waals surface area contributed by atoms with Crippen LogP contribution in [0.3, 0.4) is 0 Å². The van der Waals surface area contributed by atoms with Crippen LogP contribution in [0.25, 0.3) is 0 Å². The van der Waals surface area contributed by atoms with Gasteiger partial charge in [-0.3, -0.25) is 0 Å². The number of rotatable bonds is 10. The third-order valence-electron chi connectivity index (χ3n) is 4.41. The highest BCUT2D eigenvalue weighted by molar-refractivity contribution is 6.24. The molecule has 0 fully saturated rings. The Morgan fingerprint density at radius 3 is 2.25 bits per heavy atom. The van der Waals surface area contributed by atoms with E-state index in [-0.39, 0.29) is 4.87 Å². The van der Waals surface area contributed by atoms with Crippen LogP contribution < -0.4 is 0 Å². The van der Waals surface area contributed by atoms with Gasteiger partial charge in [0.1, 0.15) is 0 Å². The largest absolute Gasteiger partial charge is 0.119 e. The molecule has 0 nitrogen and oxygen atoms in total. The van der Waals surface area contributed by atoms with Gasteiger partial charge in [-0.1, -0.05) is 82.7 Å². The zero-order chi connectivity index (χ0) is 14.8. The van der Waals surface area contributed by atoms with Gasteiger partial charge in [-0.05, 0) is 31.2 Å². The van der Waals surface area contributed by atoms with Crippen LogP contribution >= 0.6 is 11.6 Å². The first-order valence-corrected chi connectivity index (χ1v) is 8.67. The second-order valence-corrected chi connectivity index (χ2v) is 7.26. The molecule has 1 aromatic rings. The molecule has 0 aliphatic rings. The van der Waals surface area contributed by atoms with E-state index in [4.69, 9.17) is 11.6 Å². The summed E-state index contributed by atoms with van der Waals surface area (Å²) in [7, 11) is 0. The van der Waals surface area contributed by atoms with Crippen molar-refractivity contribution in [2.24, 2.45) is 5.92 Å². The maximum absolute atomic E-state index is 6.78. The van der Waals surface area contributed by atoms with Crippen molar-refractivity contribution in [1.29, 1.82) is 0 Å². The zero-order valence-corrected chi connectivity index (χ0v) is 14.3. The van der Waals surface area contributed by atoms with Crippen molar-refractivity contribution >= 4 is 11.6 Å². The van der Waals surface area contributed by atoms with E-state index < -0.39 is 0 Å². The molecule has 20 heavy (non-hydrogen) atoms. The normalized spacial score (nSPS) is 15.8. The predicted octanol–water partition coefficient (Wildman–Crippen LogP) is 6.61. The highest BCUT2D eigenvalue weighted by atomic mass is 35.5. The second kappa shape index (κ2) is 9.45. The first-order chi connectivity index (χ1) is 9.56. The molecule has 0 saturated heterocycles. The minimum absolute atomic E-state index is 0.120. The lowest BCUT2D eigenvalue weighted by molar-refractivity contribution is 0.377. The first kappa shape index (κ1) is 17.6. The molecule has 0 spiro atoms. The third-order valence-corrected chi connectivity index (χ3v) is 4.92. The van der Waals surface area contributed by atoms with Crippen LogP contribution in [-0.4, -0.2) is 4.87 Å². The van der Waals surface area contributed by atoms with E-state index in [1.807, 2.05) is 0 Å². The molecule has 0 amide bonds. The Hall–Kier alpha value is -0.490. The van der Waals surface area contributed by atoms with Crippen molar-refractivity contribution in [1.82, 2.24) is 0 Å². The molecule has 0 saturated carbocycles. The molecular formula is C19H31Cl. The van der Waals surface area contributed by atoms with Gasteiger partial charge in [0.25, 0.3) is 0 Å². The van der Waals surface area contributed by atoms with Crippen LogP contribution in [0.4, 0.5) is 0 Å². The Morgan fingerprint density at radius 2 is 1.60 bits per heavy atom. The summed E-state index contributed by atoms with van der Waals surface area (Å²) in [5.74, 6) is 0.565. The molecular weight excluding hydrogens is 264 g/mol. The average molecular weight is 295 g/mol. The Kier molecular flexibility index (Phi) is 8.30. The molecule has 1 heteroatoms. The van der Waals surface area contributed by atoms with E-state index in [2.05, 4.69) is 51.1 Å². The number of hydrogen-bond donors (Lipinski definition) is 0. The number of halogens is 1. The third kappa shape index (κ3) is 6.79. The minimum Gasteiger partial charge on any atom is -0.119 e. The highest BCUT2D eigenvalue weighted by Crippen LogP contribution is 2.32. The minimum atomic E-state index is -0.120. The number of alkyl halides is 1. The van der Waals surface area contributed by atoms with Gasteiger partial charge >= 0.3 is 0 Å². The lowest BCUT2D eigenvalue weighted by Crippen LogP contribution is -2.29. The van der Waals surface area contributed by atoms with Gasteiger partial charge in [-0.25, -0.2) is 0 Å². The first-order valence-electron chi connectivity index (χ1n) is 8.29. The van der Waals surface area contributed by atoms with E-state index in [1.165, 1.54) is 50.5 Å². The molecule has 1 rings (SSSR count). The average Bonchev–Trinajstić information content (AvgIpc) is 2.43. The van der Waals surface area contributed by atoms with Gasteiger partial charge in [-0.15, -0.1) is 11.6 Å². The fourth-order valence-electron chi connectivity index (χ4n) is 2.70. The van der Waals surface area contributed by atoms with E-state index in [9.17, 15) is 0 Å². The molecule has 114 valence electrons. The summed E-state index contributed by atoms with van der Waals surface area (Å²) in [4.78, 5) is -0.120. The van der Waals surface area contributed by atoms with E-state index in [0.717, 1.165) is 6.42 Å². The van der Waals surface area contributed by atoms with Crippen LogP contribution in [0.15, 0.2) is 30.3 Å². The van der Waals surface area contributed by atoms with Crippen LogP contribution in [-0.2, 0) is 6.42 Å². The number of unbranched alkanes of at least 4 members (excludes halogenated alkanes) is 5. The Morgan fingerprint density at radius 1 is 1.00 bits per heavy atom. The Bertz CT molecular complexity index is 342. The van der Waals surface area contributed by atoms with Crippen LogP contribution in [0, 0.1) is 5.92 Å². The Labute approximate surface area is 130 Å². The SMILES string of the molecule is CCCCCCCCC(C)C(C)(Cl)Cc1ccccc1. The summed E-state index contributed by atoms with van der Waals surface area (Å²) in [6, 6.07) is 10.6. The molecule has 0 radical (unpaired) electrons. The lowest BCUT2D eigenvalue weighted by Gasteiger charge is -2.29. The Balaban J connectivity index is 2.28. The number of benzene rings is 1. The molecule has 1 aromatic carbocycles. The summed E-state index contributed by atoms with van der Waals surface area (Å²) in [6.07, 6.45) is 10.4. The molecule has 0 aliphatic heterocycles. The molecule has 0 heterocycles. The topological polar surface area (TPSA) is 0 Å². The standard InChI is InChI=1S/C19H31Cl/c1-4-5-6-7-8-10-13-17(2)19(3,20)16-18-14-11-9-12-15-18/h9,11-12,14-15,17H,4-8,10,13,16H2,1-3H3. The van der Waals surface area contributed by atoms with Crippen molar-refractivity contribution in [3.8, 4) is 0 Å². The van der Waals surface area contributed by atoms with Gasteiger partial charge in [0, 0.05) is 4.87 Å². The predicted molar refractivity (Wildman–Crippen MR) is 91.6 cm³/mol. The van der Waals surface area contributed by atoms with E-state index in [0.29, 0.717) is 5.92 Å². The molecule has 0 N–H and O–H groups in total. The van der Waals surface area contributed by atoms with Crippen molar-refractivity contribution in [3.05, 3.63) is 35.9 Å². The molecule has 0 aliphatic carbocycles. The lowest BCUT2D eigenvalue weighted by atomic mass is 9.85. The molecule has 2 unspecified atom stereocenters. The smallest absolute Gasteiger partial charge is 0.0484 e. The van der Waals surface area contributed by atoms with Gasteiger partial charge < -0.3 is 0 Å². The van der Waals surface area contributed by atoms with Crippen molar-refractivity contribution < 1.29 is 0 Å². The van der Waals surface area contributed by atoms with E-state index >= 15 is 0 Å². The summed E-state index contributed by atoms with van der Waals surface area (Å²) < 4.78 is 0. The van der Waals surface area contributed by atoms with Crippen LogP contribution in [0.5, 0.6) is 0 Å². The van der Waals surface area contributed by atoms with Gasteiger partial charge in [0.15, 0.2) is 0 Å². The van der Waals surface area contributed by atoms with Crippen LogP contribution in [0.1, 0.15) is 71.3 Å². The fraction of sp³-hybridized carbons (Fsp3) is 0.684. The maximum atomic E-state index is 6.78. The van der Waals surface area contributed by atoms with Gasteiger partial charge in [-0.2, -0.15) is 0 Å². The zero-order valence-electron chi connectivity index (χ0n) is 13.5. The fourth-order valence-corrected chi connectivity index (χ4v) is 2.96. The van der Waals surface area contributed by atoms with Gasteiger partial charge in [0.2, 0.25) is 0 Å². The quantitative estimate of drug-likeness (QED) is 0.336. The monoisotopic (exact) mass is 294 g/mol. The maximum Gasteiger partial charge on any atom is 0.0484 e. The highest BCUT2D eigenvalue weighted by Gasteiger charge is 2.28. The van der Waals surface area contributed by atoms with Crippen molar-refractivity contribution in [2.75, 3.05) is 0 Å². The summed E-state index contributed by atoms with van der Waals surface area (Å²) in [6.45, 7) is 6.77. The van der Waals surface area contributed by atoms with Crippen molar-refractivity contribution in [2.45, 2.75) is 77.0 Å². The summed E-state index contributed by atoms with van der Waals surface area (Å²) >= 11 is 6.78. The number of hydrogen-bond acceptors (Lipinski definition) is 0. The molecule has 2 atom stereocenters. The molecule has 0 aromatic heterocycles. The van der Waals surface area contributed by atoms with Crippen LogP contribution in [0.2, 0.25) is 0 Å². The van der Waals surface area contributed by atoms with Gasteiger partial charge in [0.05, 0.1) is 0 Å². The second-order valence-electron chi connectivity index (χ2n) is 6.40. The van der Waals surface area contributed by atoms with E-state index in [1.54, 1.807) is 0 Å².